The minimum absolute atomic E-state index is 0.0114. The maximum Gasteiger partial charge on any atom is 0.227 e. The van der Waals surface area contributed by atoms with E-state index in [1.165, 1.54) is 5.56 Å². The fourth-order valence-corrected chi connectivity index (χ4v) is 2.06. The van der Waals surface area contributed by atoms with E-state index in [2.05, 4.69) is 20.9 Å². The first-order valence-corrected chi connectivity index (χ1v) is 8.89. The number of ether oxygens (including phenoxy) is 1. The third kappa shape index (κ3) is 7.92. The van der Waals surface area contributed by atoms with Crippen molar-refractivity contribution >= 4 is 11.9 Å². The van der Waals surface area contributed by atoms with Crippen LogP contribution in [0.3, 0.4) is 0 Å². The smallest absolute Gasteiger partial charge is 0.227 e. The van der Waals surface area contributed by atoms with Crippen molar-refractivity contribution < 1.29 is 9.53 Å². The van der Waals surface area contributed by atoms with Gasteiger partial charge in [-0.15, -0.1) is 0 Å². The van der Waals surface area contributed by atoms with Gasteiger partial charge in [-0.25, -0.2) is 0 Å². The molecule has 0 bridgehead atoms. The predicted octanol–water partition coefficient (Wildman–Crippen LogP) is 2.09. The molecule has 0 aliphatic rings. The van der Waals surface area contributed by atoms with Crippen molar-refractivity contribution in [2.45, 2.75) is 34.6 Å². The molecule has 0 aliphatic heterocycles. The molecule has 140 valence electrons. The molecule has 0 spiro atoms. The van der Waals surface area contributed by atoms with E-state index in [1.54, 1.807) is 0 Å². The average Bonchev–Trinajstić information content (AvgIpc) is 2.58. The van der Waals surface area contributed by atoms with E-state index in [0.29, 0.717) is 32.2 Å². The van der Waals surface area contributed by atoms with Crippen molar-refractivity contribution in [2.24, 2.45) is 10.4 Å². The molecule has 0 aliphatic carbocycles. The molecule has 0 saturated heterocycles. The number of guanidine groups is 1. The molecule has 0 aromatic heterocycles. The maximum absolute atomic E-state index is 12.0. The molecule has 0 radical (unpaired) electrons. The predicted molar refractivity (Wildman–Crippen MR) is 103 cm³/mol. The summed E-state index contributed by atoms with van der Waals surface area (Å²) in [5.74, 6) is 1.55. The Hall–Kier alpha value is -2.24. The van der Waals surface area contributed by atoms with Gasteiger partial charge in [-0.2, -0.15) is 0 Å². The molecular weight excluding hydrogens is 316 g/mol. The van der Waals surface area contributed by atoms with Crippen molar-refractivity contribution in [3.05, 3.63) is 29.8 Å². The highest BCUT2D eigenvalue weighted by Crippen LogP contribution is 2.15. The van der Waals surface area contributed by atoms with Crippen LogP contribution in [-0.4, -0.2) is 44.7 Å². The molecule has 0 unspecified atom stereocenters. The molecule has 6 nitrogen and oxygen atoms in total. The molecule has 0 heterocycles. The van der Waals surface area contributed by atoms with Gasteiger partial charge in [0.25, 0.3) is 0 Å². The molecule has 6 heteroatoms. The highest BCUT2D eigenvalue weighted by Gasteiger charge is 2.26. The fourth-order valence-electron chi connectivity index (χ4n) is 2.06. The number of aryl methyl sites for hydroxylation is 1. The van der Waals surface area contributed by atoms with Crippen molar-refractivity contribution in [3.8, 4) is 5.75 Å². The monoisotopic (exact) mass is 348 g/mol. The Bertz CT molecular complexity index is 553. The minimum Gasteiger partial charge on any atom is -0.492 e. The molecule has 1 amide bonds. The lowest BCUT2D eigenvalue weighted by Crippen LogP contribution is -2.42. The summed E-state index contributed by atoms with van der Waals surface area (Å²) in [4.78, 5) is 16.6. The lowest BCUT2D eigenvalue weighted by atomic mass is 9.92. The lowest BCUT2D eigenvalue weighted by Gasteiger charge is -2.22. The van der Waals surface area contributed by atoms with Crippen LogP contribution in [0.25, 0.3) is 0 Å². The molecule has 25 heavy (non-hydrogen) atoms. The van der Waals surface area contributed by atoms with E-state index in [9.17, 15) is 4.79 Å². The van der Waals surface area contributed by atoms with Crippen LogP contribution in [-0.2, 0) is 4.79 Å². The van der Waals surface area contributed by atoms with Gasteiger partial charge in [0.2, 0.25) is 5.91 Å². The van der Waals surface area contributed by atoms with Crippen LogP contribution < -0.4 is 20.7 Å². The van der Waals surface area contributed by atoms with Crippen molar-refractivity contribution in [3.63, 3.8) is 0 Å². The zero-order chi connectivity index (χ0) is 18.7. The van der Waals surface area contributed by atoms with Gasteiger partial charge in [-0.3, -0.25) is 9.79 Å². The molecule has 1 rings (SSSR count). The van der Waals surface area contributed by atoms with Gasteiger partial charge in [-0.05, 0) is 46.8 Å². The van der Waals surface area contributed by atoms with Crippen LogP contribution in [0, 0.1) is 12.3 Å². The molecule has 0 atom stereocenters. The maximum atomic E-state index is 12.0. The second kappa shape index (κ2) is 10.6. The topological polar surface area (TPSA) is 74.8 Å². The highest BCUT2D eigenvalue weighted by molar-refractivity contribution is 5.83. The Labute approximate surface area is 151 Å². The fraction of sp³-hybridized carbons (Fsp3) is 0.579. The average molecular weight is 348 g/mol. The minimum atomic E-state index is -0.545. The molecule has 0 fully saturated rings. The van der Waals surface area contributed by atoms with E-state index in [0.717, 1.165) is 12.3 Å². The van der Waals surface area contributed by atoms with Gasteiger partial charge < -0.3 is 20.7 Å². The van der Waals surface area contributed by atoms with Crippen molar-refractivity contribution in [2.75, 3.05) is 32.8 Å². The van der Waals surface area contributed by atoms with Crippen LogP contribution >= 0.6 is 0 Å². The first-order valence-electron chi connectivity index (χ1n) is 8.89. The SMILES string of the molecule is CCNC(=O)C(C)(C)CN=C(NCC)NCCOc1ccc(C)cc1. The summed E-state index contributed by atoms with van der Waals surface area (Å²) in [5.41, 5.74) is 0.665. The number of amides is 1. The van der Waals surface area contributed by atoms with Crippen molar-refractivity contribution in [1.29, 1.82) is 0 Å². The standard InChI is InChI=1S/C19H32N4O2/c1-6-20-17(24)19(4,5)14-23-18(21-7-2)22-12-13-25-16-10-8-15(3)9-11-16/h8-11H,6-7,12-14H2,1-5H3,(H,20,24)(H2,21,22,23). The van der Waals surface area contributed by atoms with Crippen LogP contribution in [0.5, 0.6) is 5.75 Å². The lowest BCUT2D eigenvalue weighted by molar-refractivity contribution is -0.128. The molecule has 1 aromatic rings. The van der Waals surface area contributed by atoms with Gasteiger partial charge in [0.15, 0.2) is 5.96 Å². The van der Waals surface area contributed by atoms with E-state index in [4.69, 9.17) is 4.74 Å². The number of rotatable bonds is 9. The Kier molecular flexibility index (Phi) is 8.81. The third-order valence-corrected chi connectivity index (χ3v) is 3.61. The van der Waals surface area contributed by atoms with E-state index in [1.807, 2.05) is 58.9 Å². The number of carbonyl (C=O) groups is 1. The summed E-state index contributed by atoms with van der Waals surface area (Å²) in [7, 11) is 0. The van der Waals surface area contributed by atoms with Gasteiger partial charge in [0, 0.05) is 13.1 Å². The number of nitrogens with zero attached hydrogens (tertiary/aromatic N) is 1. The summed E-state index contributed by atoms with van der Waals surface area (Å²) < 4.78 is 5.70. The largest absolute Gasteiger partial charge is 0.492 e. The summed E-state index contributed by atoms with van der Waals surface area (Å²) in [6, 6.07) is 7.97. The molecule has 0 saturated carbocycles. The Balaban J connectivity index is 2.47. The summed E-state index contributed by atoms with van der Waals surface area (Å²) in [5, 5.41) is 9.26. The second-order valence-corrected chi connectivity index (χ2v) is 6.53. The first-order chi connectivity index (χ1) is 11.9. The zero-order valence-electron chi connectivity index (χ0n) is 16.1. The van der Waals surface area contributed by atoms with Gasteiger partial charge in [-0.1, -0.05) is 17.7 Å². The van der Waals surface area contributed by atoms with E-state index < -0.39 is 5.41 Å². The molecule has 1 aromatic carbocycles. The Morgan fingerprint density at radius 2 is 1.72 bits per heavy atom. The van der Waals surface area contributed by atoms with Crippen LogP contribution in [0.4, 0.5) is 0 Å². The number of hydrogen-bond acceptors (Lipinski definition) is 3. The second-order valence-electron chi connectivity index (χ2n) is 6.53. The highest BCUT2D eigenvalue weighted by atomic mass is 16.5. The molecule has 3 N–H and O–H groups in total. The van der Waals surface area contributed by atoms with E-state index >= 15 is 0 Å². The van der Waals surface area contributed by atoms with Gasteiger partial charge in [0.05, 0.1) is 18.5 Å². The van der Waals surface area contributed by atoms with Gasteiger partial charge >= 0.3 is 0 Å². The molecular formula is C19H32N4O2. The summed E-state index contributed by atoms with van der Waals surface area (Å²) in [6.07, 6.45) is 0. The number of hydrogen-bond donors (Lipinski definition) is 3. The van der Waals surface area contributed by atoms with Crippen molar-refractivity contribution in [1.82, 2.24) is 16.0 Å². The Morgan fingerprint density at radius 3 is 2.32 bits per heavy atom. The normalized spacial score (nSPS) is 11.8. The summed E-state index contributed by atoms with van der Waals surface area (Å²) in [6.45, 7) is 12.7. The third-order valence-electron chi connectivity index (χ3n) is 3.61. The zero-order valence-corrected chi connectivity index (χ0v) is 16.1. The first kappa shape index (κ1) is 20.8. The van der Waals surface area contributed by atoms with Gasteiger partial charge in [0.1, 0.15) is 12.4 Å². The number of carbonyl (C=O) groups excluding carboxylic acids is 1. The number of benzene rings is 1. The Morgan fingerprint density at radius 1 is 1.08 bits per heavy atom. The van der Waals surface area contributed by atoms with E-state index in [-0.39, 0.29) is 5.91 Å². The van der Waals surface area contributed by atoms with Crippen LogP contribution in [0.1, 0.15) is 33.3 Å². The van der Waals surface area contributed by atoms with Crippen LogP contribution in [0.15, 0.2) is 29.3 Å². The number of nitrogens with one attached hydrogen (secondary N) is 3. The summed E-state index contributed by atoms with van der Waals surface area (Å²) >= 11 is 0. The number of aliphatic imine (C=N–C) groups is 1. The quantitative estimate of drug-likeness (QED) is 0.363. The van der Waals surface area contributed by atoms with Crippen LogP contribution in [0.2, 0.25) is 0 Å².